The predicted octanol–water partition coefficient (Wildman–Crippen LogP) is 3.33. The van der Waals surface area contributed by atoms with E-state index in [-0.39, 0.29) is 0 Å². The Balaban J connectivity index is 1.92. The van der Waals surface area contributed by atoms with Crippen molar-refractivity contribution in [3.63, 3.8) is 0 Å². The van der Waals surface area contributed by atoms with Gasteiger partial charge in [0, 0.05) is 25.2 Å². The number of rotatable bonds is 6. The second-order valence-corrected chi connectivity index (χ2v) is 6.57. The zero-order valence-electron chi connectivity index (χ0n) is 13.3. The third-order valence-corrected chi connectivity index (χ3v) is 4.19. The van der Waals surface area contributed by atoms with Crippen molar-refractivity contribution >= 4 is 0 Å². The van der Waals surface area contributed by atoms with Gasteiger partial charge in [0.2, 0.25) is 0 Å². The molecule has 1 aromatic rings. The van der Waals surface area contributed by atoms with Crippen LogP contribution in [-0.4, -0.2) is 36.6 Å². The first-order chi connectivity index (χ1) is 9.69. The van der Waals surface area contributed by atoms with Gasteiger partial charge < -0.3 is 5.32 Å². The van der Waals surface area contributed by atoms with Crippen LogP contribution in [0.4, 0.5) is 0 Å². The van der Waals surface area contributed by atoms with E-state index in [1.165, 1.54) is 31.5 Å². The summed E-state index contributed by atoms with van der Waals surface area (Å²) < 4.78 is 0. The molecule has 2 unspecified atom stereocenters. The molecular formula is C18H30N2. The summed E-state index contributed by atoms with van der Waals surface area (Å²) in [6.45, 7) is 10.5. The maximum atomic E-state index is 3.77. The second-order valence-electron chi connectivity index (χ2n) is 6.57. The Morgan fingerprint density at radius 1 is 1.25 bits per heavy atom. The average molecular weight is 274 g/mol. The smallest absolute Gasteiger partial charge is 0.0236 e. The van der Waals surface area contributed by atoms with Crippen molar-refractivity contribution < 1.29 is 0 Å². The molecule has 1 fully saturated rings. The highest BCUT2D eigenvalue weighted by Gasteiger charge is 2.27. The molecule has 0 amide bonds. The van der Waals surface area contributed by atoms with Crippen LogP contribution in [0.2, 0.25) is 0 Å². The maximum Gasteiger partial charge on any atom is 0.0236 e. The lowest BCUT2D eigenvalue weighted by Crippen LogP contribution is -2.57. The van der Waals surface area contributed by atoms with Crippen LogP contribution >= 0.6 is 0 Å². The van der Waals surface area contributed by atoms with E-state index in [2.05, 4.69) is 61.3 Å². The van der Waals surface area contributed by atoms with Crippen molar-refractivity contribution in [3.05, 3.63) is 35.9 Å². The first-order valence-electron chi connectivity index (χ1n) is 8.20. The summed E-state index contributed by atoms with van der Waals surface area (Å²) in [7, 11) is 0. The quantitative estimate of drug-likeness (QED) is 0.856. The number of benzene rings is 1. The Morgan fingerprint density at radius 2 is 2.00 bits per heavy atom. The van der Waals surface area contributed by atoms with Gasteiger partial charge in [-0.3, -0.25) is 4.90 Å². The Morgan fingerprint density at radius 3 is 2.65 bits per heavy atom. The maximum absolute atomic E-state index is 3.77. The van der Waals surface area contributed by atoms with Gasteiger partial charge in [0.25, 0.3) is 0 Å². The summed E-state index contributed by atoms with van der Waals surface area (Å²) in [5.74, 6) is 0.784. The van der Waals surface area contributed by atoms with Crippen molar-refractivity contribution in [1.82, 2.24) is 10.2 Å². The number of piperazine rings is 1. The summed E-state index contributed by atoms with van der Waals surface area (Å²) in [5, 5.41) is 3.77. The number of hydrogen-bond acceptors (Lipinski definition) is 2. The van der Waals surface area contributed by atoms with Gasteiger partial charge in [-0.15, -0.1) is 0 Å². The molecule has 0 bridgehead atoms. The normalized spacial score (nSPS) is 24.2. The van der Waals surface area contributed by atoms with Gasteiger partial charge >= 0.3 is 0 Å². The Bertz CT molecular complexity index is 374. The molecule has 1 heterocycles. The minimum atomic E-state index is 0.604. The van der Waals surface area contributed by atoms with Crippen molar-refractivity contribution in [1.29, 1.82) is 0 Å². The summed E-state index contributed by atoms with van der Waals surface area (Å²) >= 11 is 0. The van der Waals surface area contributed by atoms with Gasteiger partial charge in [0.1, 0.15) is 0 Å². The minimum absolute atomic E-state index is 0.604. The first kappa shape index (κ1) is 15.5. The van der Waals surface area contributed by atoms with Gasteiger partial charge in [-0.2, -0.15) is 0 Å². The molecule has 2 rings (SSSR count). The topological polar surface area (TPSA) is 15.3 Å². The van der Waals surface area contributed by atoms with Crippen LogP contribution in [0, 0.1) is 5.92 Å². The molecule has 20 heavy (non-hydrogen) atoms. The zero-order valence-corrected chi connectivity index (χ0v) is 13.3. The fourth-order valence-electron chi connectivity index (χ4n) is 3.30. The molecule has 2 nitrogen and oxygen atoms in total. The van der Waals surface area contributed by atoms with Gasteiger partial charge in [-0.05, 0) is 37.3 Å². The average Bonchev–Trinajstić information content (AvgIpc) is 2.43. The Labute approximate surface area is 124 Å². The Hall–Kier alpha value is -0.860. The zero-order chi connectivity index (χ0) is 14.4. The van der Waals surface area contributed by atoms with Crippen LogP contribution in [0.5, 0.6) is 0 Å². The highest BCUT2D eigenvalue weighted by Crippen LogP contribution is 2.17. The molecule has 0 radical (unpaired) electrons. The van der Waals surface area contributed by atoms with Crippen LogP contribution in [0.15, 0.2) is 30.3 Å². The highest BCUT2D eigenvalue weighted by molar-refractivity contribution is 5.16. The van der Waals surface area contributed by atoms with E-state index in [9.17, 15) is 0 Å². The van der Waals surface area contributed by atoms with E-state index >= 15 is 0 Å². The van der Waals surface area contributed by atoms with Crippen molar-refractivity contribution in [3.8, 4) is 0 Å². The number of hydrogen-bond donors (Lipinski definition) is 1. The summed E-state index contributed by atoms with van der Waals surface area (Å²) in [5.41, 5.74) is 1.45. The highest BCUT2D eigenvalue weighted by atomic mass is 15.2. The van der Waals surface area contributed by atoms with E-state index in [0.717, 1.165) is 24.9 Å². The summed E-state index contributed by atoms with van der Waals surface area (Å²) in [6.07, 6.45) is 3.72. The van der Waals surface area contributed by atoms with Crippen molar-refractivity contribution in [2.45, 2.75) is 52.1 Å². The van der Waals surface area contributed by atoms with Gasteiger partial charge in [-0.25, -0.2) is 0 Å². The SMILES string of the molecule is CCCN1CC(Cc2ccccc2)NCC1CC(C)C. The van der Waals surface area contributed by atoms with Crippen LogP contribution in [-0.2, 0) is 6.42 Å². The third kappa shape index (κ3) is 4.60. The molecule has 0 saturated carbocycles. The molecule has 1 saturated heterocycles. The van der Waals surface area contributed by atoms with Gasteiger partial charge in [0.15, 0.2) is 0 Å². The lowest BCUT2D eigenvalue weighted by molar-refractivity contribution is 0.114. The third-order valence-electron chi connectivity index (χ3n) is 4.19. The number of nitrogens with one attached hydrogen (secondary N) is 1. The monoisotopic (exact) mass is 274 g/mol. The fraction of sp³-hybridized carbons (Fsp3) is 0.667. The van der Waals surface area contributed by atoms with Crippen molar-refractivity contribution in [2.75, 3.05) is 19.6 Å². The van der Waals surface area contributed by atoms with Crippen LogP contribution < -0.4 is 5.32 Å². The fourth-order valence-corrected chi connectivity index (χ4v) is 3.30. The standard InChI is InChI=1S/C18H30N2/c1-4-10-20-14-17(12-16-8-6-5-7-9-16)19-13-18(20)11-15(2)3/h5-9,15,17-19H,4,10-14H2,1-3H3. The van der Waals surface area contributed by atoms with Crippen molar-refractivity contribution in [2.24, 2.45) is 5.92 Å². The summed E-state index contributed by atoms with van der Waals surface area (Å²) in [6, 6.07) is 12.2. The van der Waals surface area contributed by atoms with E-state index in [1.807, 2.05) is 0 Å². The van der Waals surface area contributed by atoms with E-state index in [4.69, 9.17) is 0 Å². The van der Waals surface area contributed by atoms with E-state index < -0.39 is 0 Å². The van der Waals surface area contributed by atoms with Gasteiger partial charge in [-0.1, -0.05) is 51.1 Å². The van der Waals surface area contributed by atoms with Gasteiger partial charge in [0.05, 0.1) is 0 Å². The second kappa shape index (κ2) is 7.80. The van der Waals surface area contributed by atoms with Crippen LogP contribution in [0.3, 0.4) is 0 Å². The lowest BCUT2D eigenvalue weighted by atomic mass is 9.96. The molecule has 112 valence electrons. The summed E-state index contributed by atoms with van der Waals surface area (Å²) in [4.78, 5) is 2.71. The molecule has 1 aliphatic heterocycles. The van der Waals surface area contributed by atoms with E-state index in [1.54, 1.807) is 0 Å². The molecule has 2 atom stereocenters. The van der Waals surface area contributed by atoms with Crippen LogP contribution in [0.25, 0.3) is 0 Å². The van der Waals surface area contributed by atoms with E-state index in [0.29, 0.717) is 6.04 Å². The molecule has 1 aliphatic rings. The molecule has 2 heteroatoms. The predicted molar refractivity (Wildman–Crippen MR) is 87.0 cm³/mol. The lowest BCUT2D eigenvalue weighted by Gasteiger charge is -2.41. The molecular weight excluding hydrogens is 244 g/mol. The molecule has 0 spiro atoms. The molecule has 0 aliphatic carbocycles. The number of nitrogens with zero attached hydrogens (tertiary/aromatic N) is 1. The molecule has 0 aromatic heterocycles. The molecule has 1 N–H and O–H groups in total. The largest absolute Gasteiger partial charge is 0.311 e. The minimum Gasteiger partial charge on any atom is -0.311 e. The Kier molecular flexibility index (Phi) is 6.06. The molecule has 1 aromatic carbocycles. The first-order valence-corrected chi connectivity index (χ1v) is 8.20. The van der Waals surface area contributed by atoms with Crippen LogP contribution in [0.1, 0.15) is 39.2 Å².